The molecule has 3 saturated heterocycles. The van der Waals surface area contributed by atoms with Crippen molar-refractivity contribution in [3.63, 3.8) is 0 Å². The lowest BCUT2D eigenvalue weighted by atomic mass is 9.98. The minimum atomic E-state index is -1.00. The van der Waals surface area contributed by atoms with Crippen LogP contribution in [0, 0.1) is 5.82 Å². The maximum absolute atomic E-state index is 13.3. The molecule has 1 amide bonds. The van der Waals surface area contributed by atoms with E-state index in [1.165, 1.54) is 18.2 Å². The van der Waals surface area contributed by atoms with E-state index in [0.29, 0.717) is 5.69 Å². The Hall–Kier alpha value is -1.29. The number of amides is 1. The molecule has 1 aromatic rings. The number of nitrogens with one attached hydrogen (secondary N) is 1. The van der Waals surface area contributed by atoms with Gasteiger partial charge in [-0.2, -0.15) is 0 Å². The van der Waals surface area contributed by atoms with Gasteiger partial charge in [0.1, 0.15) is 24.1 Å². The van der Waals surface area contributed by atoms with Gasteiger partial charge in [-0.3, -0.25) is 4.79 Å². The Morgan fingerprint density at radius 1 is 1.04 bits per heavy atom. The van der Waals surface area contributed by atoms with E-state index in [0.717, 1.165) is 0 Å². The predicted octanol–water partition coefficient (Wildman–Crippen LogP) is 2.81. The summed E-state index contributed by atoms with van der Waals surface area (Å²) < 4.78 is 42.7. The SMILES string of the molecule is CC1(C)O[C@@H]2O[C@H](C(=O)Nc3ccc(F)c(Cl)c3)[C@@H]3OC(C)(C)O[C@@H]3[C@@H]2O1. The minimum absolute atomic E-state index is 0.0915. The van der Waals surface area contributed by atoms with E-state index in [4.69, 9.17) is 35.3 Å². The molecule has 1 N–H and O–H groups in total. The topological polar surface area (TPSA) is 75.3 Å². The van der Waals surface area contributed by atoms with Crippen molar-refractivity contribution in [2.24, 2.45) is 0 Å². The van der Waals surface area contributed by atoms with Crippen LogP contribution in [-0.2, 0) is 28.5 Å². The first-order valence-corrected chi connectivity index (χ1v) is 9.05. The number of fused-ring (bicyclic) bond motifs is 3. The van der Waals surface area contributed by atoms with Gasteiger partial charge in [-0.05, 0) is 45.9 Å². The van der Waals surface area contributed by atoms with Crippen LogP contribution in [0.3, 0.4) is 0 Å². The average molecular weight is 402 g/mol. The molecular weight excluding hydrogens is 381 g/mol. The number of hydrogen-bond donors (Lipinski definition) is 1. The van der Waals surface area contributed by atoms with Gasteiger partial charge < -0.3 is 29.0 Å². The quantitative estimate of drug-likeness (QED) is 0.821. The molecule has 5 atom stereocenters. The summed E-state index contributed by atoms with van der Waals surface area (Å²) in [7, 11) is 0. The number of rotatable bonds is 2. The second-order valence-corrected chi connectivity index (χ2v) is 8.12. The van der Waals surface area contributed by atoms with Gasteiger partial charge in [0.25, 0.3) is 5.91 Å². The van der Waals surface area contributed by atoms with Crippen molar-refractivity contribution in [1.29, 1.82) is 0 Å². The van der Waals surface area contributed by atoms with Gasteiger partial charge in [-0.25, -0.2) is 4.39 Å². The Balaban J connectivity index is 1.57. The maximum atomic E-state index is 13.3. The highest BCUT2D eigenvalue weighted by molar-refractivity contribution is 6.31. The summed E-state index contributed by atoms with van der Waals surface area (Å²) in [4.78, 5) is 12.9. The second kappa shape index (κ2) is 6.37. The molecule has 0 saturated carbocycles. The summed E-state index contributed by atoms with van der Waals surface area (Å²) in [5.41, 5.74) is 0.343. The Bertz CT molecular complexity index is 772. The van der Waals surface area contributed by atoms with Gasteiger partial charge in [-0.1, -0.05) is 11.6 Å². The van der Waals surface area contributed by atoms with E-state index in [1.807, 2.05) is 0 Å². The van der Waals surface area contributed by atoms with Crippen LogP contribution in [0.4, 0.5) is 10.1 Å². The highest BCUT2D eigenvalue weighted by Gasteiger charge is 2.62. The van der Waals surface area contributed by atoms with Gasteiger partial charge in [0.05, 0.1) is 5.02 Å². The average Bonchev–Trinajstić information content (AvgIpc) is 3.04. The van der Waals surface area contributed by atoms with Crippen LogP contribution in [0.15, 0.2) is 18.2 Å². The van der Waals surface area contributed by atoms with E-state index in [1.54, 1.807) is 27.7 Å². The lowest BCUT2D eigenvalue weighted by molar-refractivity contribution is -0.229. The number of anilines is 1. The Morgan fingerprint density at radius 3 is 2.37 bits per heavy atom. The van der Waals surface area contributed by atoms with Crippen LogP contribution in [-0.4, -0.2) is 48.2 Å². The molecule has 3 fully saturated rings. The minimum Gasteiger partial charge on any atom is -0.342 e. The van der Waals surface area contributed by atoms with Gasteiger partial charge in [-0.15, -0.1) is 0 Å². The van der Waals surface area contributed by atoms with E-state index in [-0.39, 0.29) is 5.02 Å². The first-order valence-electron chi connectivity index (χ1n) is 8.67. The van der Waals surface area contributed by atoms with Crippen molar-refractivity contribution < 1.29 is 32.9 Å². The summed E-state index contributed by atoms with van der Waals surface area (Å²) in [6.45, 7) is 7.05. The van der Waals surface area contributed by atoms with Crippen LogP contribution in [0.5, 0.6) is 0 Å². The standard InChI is InChI=1S/C18H21ClFNO6/c1-17(2)24-11-12(25-17)14-16(27-18(3,4)26-14)23-13(11)15(22)21-8-5-6-10(20)9(19)7-8/h5-7,11-14,16H,1-4H3,(H,21,22)/t11-,12+,13+,14+,16+/m1/s1. The molecule has 3 heterocycles. The number of carbonyl (C=O) groups excluding carboxylic acids is 1. The first kappa shape index (κ1) is 19.0. The fourth-order valence-electron chi connectivity index (χ4n) is 3.61. The molecule has 3 aliphatic rings. The van der Waals surface area contributed by atoms with Crippen molar-refractivity contribution >= 4 is 23.2 Å². The molecule has 9 heteroatoms. The molecule has 3 aliphatic heterocycles. The van der Waals surface area contributed by atoms with Crippen LogP contribution < -0.4 is 5.32 Å². The van der Waals surface area contributed by atoms with E-state index < -0.39 is 54.0 Å². The monoisotopic (exact) mass is 401 g/mol. The van der Waals surface area contributed by atoms with Crippen molar-refractivity contribution in [2.45, 2.75) is 70.0 Å². The van der Waals surface area contributed by atoms with E-state index >= 15 is 0 Å². The number of halogens is 2. The third-order valence-corrected chi connectivity index (χ3v) is 4.89. The summed E-state index contributed by atoms with van der Waals surface area (Å²) in [6.07, 6.45) is -3.51. The van der Waals surface area contributed by atoms with Crippen molar-refractivity contribution in [3.8, 4) is 0 Å². The largest absolute Gasteiger partial charge is 0.342 e. The molecule has 0 radical (unpaired) electrons. The smallest absolute Gasteiger partial charge is 0.256 e. The molecule has 1 aromatic carbocycles. The van der Waals surface area contributed by atoms with Crippen molar-refractivity contribution in [2.75, 3.05) is 5.32 Å². The molecule has 27 heavy (non-hydrogen) atoms. The van der Waals surface area contributed by atoms with Crippen LogP contribution >= 0.6 is 11.6 Å². The third-order valence-electron chi connectivity index (χ3n) is 4.60. The highest BCUT2D eigenvalue weighted by atomic mass is 35.5. The molecule has 0 spiro atoms. The molecule has 0 bridgehead atoms. The fourth-order valence-corrected chi connectivity index (χ4v) is 3.79. The summed E-state index contributed by atoms with van der Waals surface area (Å²) in [5, 5.41) is 2.58. The maximum Gasteiger partial charge on any atom is 0.256 e. The molecule has 7 nitrogen and oxygen atoms in total. The van der Waals surface area contributed by atoms with E-state index in [9.17, 15) is 9.18 Å². The Morgan fingerprint density at radius 2 is 1.67 bits per heavy atom. The summed E-state index contributed by atoms with van der Waals surface area (Å²) in [5.74, 6) is -2.81. The molecule has 148 valence electrons. The molecule has 0 aliphatic carbocycles. The lowest BCUT2D eigenvalue weighted by Crippen LogP contribution is -2.58. The first-order chi connectivity index (χ1) is 12.5. The van der Waals surface area contributed by atoms with Crippen LogP contribution in [0.2, 0.25) is 5.02 Å². The normalized spacial score (nSPS) is 36.1. The lowest BCUT2D eigenvalue weighted by Gasteiger charge is -2.36. The van der Waals surface area contributed by atoms with E-state index in [2.05, 4.69) is 5.32 Å². The molecule has 0 unspecified atom stereocenters. The van der Waals surface area contributed by atoms with Crippen molar-refractivity contribution in [3.05, 3.63) is 29.0 Å². The van der Waals surface area contributed by atoms with Gasteiger partial charge >= 0.3 is 0 Å². The number of carbonyl (C=O) groups is 1. The van der Waals surface area contributed by atoms with Crippen LogP contribution in [0.1, 0.15) is 27.7 Å². The zero-order chi connectivity index (χ0) is 19.6. The van der Waals surface area contributed by atoms with Gasteiger partial charge in [0.2, 0.25) is 0 Å². The molecular formula is C18H21ClFNO6. The zero-order valence-electron chi connectivity index (χ0n) is 15.3. The van der Waals surface area contributed by atoms with Crippen LogP contribution in [0.25, 0.3) is 0 Å². The molecule has 0 aromatic heterocycles. The Kier molecular flexibility index (Phi) is 4.49. The predicted molar refractivity (Wildman–Crippen MR) is 92.6 cm³/mol. The fraction of sp³-hybridized carbons (Fsp3) is 0.611. The zero-order valence-corrected chi connectivity index (χ0v) is 16.1. The van der Waals surface area contributed by atoms with Crippen molar-refractivity contribution in [1.82, 2.24) is 0 Å². The Labute approximate surface area is 161 Å². The summed E-state index contributed by atoms with van der Waals surface area (Å²) in [6, 6.07) is 3.91. The third kappa shape index (κ3) is 3.57. The highest BCUT2D eigenvalue weighted by Crippen LogP contribution is 2.44. The van der Waals surface area contributed by atoms with Gasteiger partial charge in [0, 0.05) is 5.69 Å². The number of hydrogen-bond acceptors (Lipinski definition) is 6. The second-order valence-electron chi connectivity index (χ2n) is 7.71. The summed E-state index contributed by atoms with van der Waals surface area (Å²) >= 11 is 5.78. The number of benzene rings is 1. The number of ether oxygens (including phenoxy) is 5. The van der Waals surface area contributed by atoms with Gasteiger partial charge in [0.15, 0.2) is 24.0 Å². The molecule has 4 rings (SSSR count).